The summed E-state index contributed by atoms with van der Waals surface area (Å²) in [7, 11) is -1.58. The topological polar surface area (TPSA) is 75.2 Å². The summed E-state index contributed by atoms with van der Waals surface area (Å²) in [5.74, 6) is 0. The molecule has 1 heterocycles. The molecule has 1 aromatic heterocycles. The predicted molar refractivity (Wildman–Crippen MR) is 79.8 cm³/mol. The van der Waals surface area contributed by atoms with Crippen molar-refractivity contribution in [2.24, 2.45) is 0 Å². The molecule has 0 radical (unpaired) electrons. The van der Waals surface area contributed by atoms with Gasteiger partial charge in [-0.2, -0.15) is 0 Å². The van der Waals surface area contributed by atoms with Crippen molar-refractivity contribution < 1.29 is 8.42 Å². The predicted octanol–water partition coefficient (Wildman–Crippen LogP) is 1.19. The van der Waals surface area contributed by atoms with E-state index in [0.29, 0.717) is 18.8 Å². The molecule has 1 N–H and O–H groups in total. The Hall–Kier alpha value is -1.05. The van der Waals surface area contributed by atoms with Crippen LogP contribution in [0.25, 0.3) is 0 Å². The molecule has 20 heavy (non-hydrogen) atoms. The average Bonchev–Trinajstić information content (AvgIpc) is 2.48. The molecule has 0 fully saturated rings. The van der Waals surface area contributed by atoms with E-state index in [1.54, 1.807) is 6.92 Å². The molecule has 0 bridgehead atoms. The first-order chi connectivity index (χ1) is 9.47. The van der Waals surface area contributed by atoms with Gasteiger partial charge in [0.05, 0.1) is 5.69 Å². The van der Waals surface area contributed by atoms with Crippen LogP contribution in [0, 0.1) is 0 Å². The Morgan fingerprint density at radius 3 is 2.50 bits per heavy atom. The SMILES string of the molecule is CC[C@@H](CN(CC)S(=O)(=O)[C@H](C)c1cnccn1)NC. The number of rotatable bonds is 8. The van der Waals surface area contributed by atoms with Gasteiger partial charge in [0.1, 0.15) is 5.25 Å². The zero-order chi connectivity index (χ0) is 15.2. The van der Waals surface area contributed by atoms with Crippen molar-refractivity contribution in [2.75, 3.05) is 20.1 Å². The molecule has 0 saturated heterocycles. The Labute approximate surface area is 121 Å². The van der Waals surface area contributed by atoms with E-state index in [1.165, 1.54) is 22.9 Å². The van der Waals surface area contributed by atoms with Gasteiger partial charge < -0.3 is 5.32 Å². The lowest BCUT2D eigenvalue weighted by atomic mass is 10.2. The molecule has 0 amide bonds. The maximum atomic E-state index is 12.7. The summed E-state index contributed by atoms with van der Waals surface area (Å²) in [6, 6.07) is 0.152. The number of hydrogen-bond acceptors (Lipinski definition) is 5. The lowest BCUT2D eigenvalue weighted by Crippen LogP contribution is -2.43. The van der Waals surface area contributed by atoms with Crippen molar-refractivity contribution in [3.8, 4) is 0 Å². The summed E-state index contributed by atoms with van der Waals surface area (Å²) >= 11 is 0. The monoisotopic (exact) mass is 300 g/mol. The summed E-state index contributed by atoms with van der Waals surface area (Å²) in [6.07, 6.45) is 5.43. The van der Waals surface area contributed by atoms with Gasteiger partial charge in [0.25, 0.3) is 0 Å². The Balaban J connectivity index is 2.94. The van der Waals surface area contributed by atoms with E-state index in [9.17, 15) is 8.42 Å². The highest BCUT2D eigenvalue weighted by atomic mass is 32.2. The van der Waals surface area contributed by atoms with Crippen LogP contribution in [0.2, 0.25) is 0 Å². The summed E-state index contributed by atoms with van der Waals surface area (Å²) in [4.78, 5) is 8.04. The van der Waals surface area contributed by atoms with Crippen molar-refractivity contribution in [3.63, 3.8) is 0 Å². The maximum Gasteiger partial charge on any atom is 0.222 e. The average molecular weight is 300 g/mol. The van der Waals surface area contributed by atoms with Crippen LogP contribution in [0.1, 0.15) is 38.1 Å². The van der Waals surface area contributed by atoms with Crippen LogP contribution in [0.5, 0.6) is 0 Å². The highest BCUT2D eigenvalue weighted by Crippen LogP contribution is 2.23. The molecule has 0 aliphatic carbocycles. The van der Waals surface area contributed by atoms with Crippen LogP contribution < -0.4 is 5.32 Å². The molecule has 2 atom stereocenters. The highest BCUT2D eigenvalue weighted by Gasteiger charge is 2.31. The molecular formula is C13H24N4O2S. The fraction of sp³-hybridized carbons (Fsp3) is 0.692. The minimum atomic E-state index is -3.43. The number of nitrogens with one attached hydrogen (secondary N) is 1. The van der Waals surface area contributed by atoms with E-state index in [0.717, 1.165) is 6.42 Å². The Kier molecular flexibility index (Phi) is 6.51. The van der Waals surface area contributed by atoms with Crippen LogP contribution in [-0.2, 0) is 10.0 Å². The van der Waals surface area contributed by atoms with Crippen molar-refractivity contribution in [3.05, 3.63) is 24.3 Å². The molecule has 1 rings (SSSR count). The van der Waals surface area contributed by atoms with Gasteiger partial charge in [0.2, 0.25) is 10.0 Å². The van der Waals surface area contributed by atoms with Crippen LogP contribution >= 0.6 is 0 Å². The van der Waals surface area contributed by atoms with Gasteiger partial charge in [0.15, 0.2) is 0 Å². The lowest BCUT2D eigenvalue weighted by molar-refractivity contribution is 0.364. The van der Waals surface area contributed by atoms with E-state index >= 15 is 0 Å². The second kappa shape index (κ2) is 7.66. The Bertz CT molecular complexity index is 488. The van der Waals surface area contributed by atoms with Crippen LogP contribution in [0.15, 0.2) is 18.6 Å². The fourth-order valence-corrected chi connectivity index (χ4v) is 3.60. The maximum absolute atomic E-state index is 12.7. The minimum absolute atomic E-state index is 0.152. The van der Waals surface area contributed by atoms with Crippen LogP contribution in [0.4, 0.5) is 0 Å². The van der Waals surface area contributed by atoms with Gasteiger partial charge in [-0.15, -0.1) is 0 Å². The van der Waals surface area contributed by atoms with E-state index < -0.39 is 15.3 Å². The largest absolute Gasteiger partial charge is 0.316 e. The van der Waals surface area contributed by atoms with Gasteiger partial charge in [-0.1, -0.05) is 13.8 Å². The van der Waals surface area contributed by atoms with Gasteiger partial charge in [-0.25, -0.2) is 12.7 Å². The first-order valence-corrected chi connectivity index (χ1v) is 8.39. The van der Waals surface area contributed by atoms with E-state index in [4.69, 9.17) is 0 Å². The Morgan fingerprint density at radius 2 is 2.05 bits per heavy atom. The normalized spacial score (nSPS) is 15.2. The molecule has 0 aromatic carbocycles. The molecule has 0 spiro atoms. The van der Waals surface area contributed by atoms with Crippen molar-refractivity contribution >= 4 is 10.0 Å². The molecule has 0 unspecified atom stereocenters. The fourth-order valence-electron chi connectivity index (χ4n) is 1.98. The first-order valence-electron chi connectivity index (χ1n) is 6.89. The second-order valence-corrected chi connectivity index (χ2v) is 6.92. The molecule has 1 aromatic rings. The third-order valence-electron chi connectivity index (χ3n) is 3.48. The summed E-state index contributed by atoms with van der Waals surface area (Å²) in [5.41, 5.74) is 0.475. The molecular weight excluding hydrogens is 276 g/mol. The van der Waals surface area contributed by atoms with Gasteiger partial charge in [0, 0.05) is 37.7 Å². The van der Waals surface area contributed by atoms with Gasteiger partial charge in [-0.3, -0.25) is 9.97 Å². The van der Waals surface area contributed by atoms with Crippen molar-refractivity contribution in [1.29, 1.82) is 0 Å². The first kappa shape index (κ1) is 17.0. The van der Waals surface area contributed by atoms with Crippen LogP contribution in [-0.4, -0.2) is 48.9 Å². The zero-order valence-electron chi connectivity index (χ0n) is 12.6. The quantitative estimate of drug-likeness (QED) is 0.780. The molecule has 114 valence electrons. The van der Waals surface area contributed by atoms with E-state index in [2.05, 4.69) is 15.3 Å². The summed E-state index contributed by atoms with van der Waals surface area (Å²) in [6.45, 7) is 6.46. The second-order valence-electron chi connectivity index (χ2n) is 4.66. The van der Waals surface area contributed by atoms with Gasteiger partial charge >= 0.3 is 0 Å². The third-order valence-corrected chi connectivity index (χ3v) is 5.75. The molecule has 6 nitrogen and oxygen atoms in total. The number of hydrogen-bond donors (Lipinski definition) is 1. The standard InChI is InChI=1S/C13H24N4O2S/c1-5-12(14-4)10-17(6-2)20(18,19)11(3)13-9-15-7-8-16-13/h7-9,11-12,14H,5-6,10H2,1-4H3/t11-,12+/m1/s1. The Morgan fingerprint density at radius 1 is 1.35 bits per heavy atom. The minimum Gasteiger partial charge on any atom is -0.316 e. The molecule has 0 aliphatic rings. The van der Waals surface area contributed by atoms with E-state index in [-0.39, 0.29) is 6.04 Å². The van der Waals surface area contributed by atoms with Crippen molar-refractivity contribution in [2.45, 2.75) is 38.5 Å². The summed E-state index contributed by atoms with van der Waals surface area (Å²) in [5, 5.41) is 2.44. The number of sulfonamides is 1. The van der Waals surface area contributed by atoms with Crippen LogP contribution in [0.3, 0.4) is 0 Å². The molecule has 0 saturated carbocycles. The lowest BCUT2D eigenvalue weighted by Gasteiger charge is -2.27. The summed E-state index contributed by atoms with van der Waals surface area (Å²) < 4.78 is 26.8. The third kappa shape index (κ3) is 3.97. The smallest absolute Gasteiger partial charge is 0.222 e. The number of likely N-dealkylation sites (N-methyl/N-ethyl adjacent to an activating group) is 2. The zero-order valence-corrected chi connectivity index (χ0v) is 13.4. The molecule has 7 heteroatoms. The number of nitrogens with zero attached hydrogens (tertiary/aromatic N) is 3. The van der Waals surface area contributed by atoms with Gasteiger partial charge in [-0.05, 0) is 20.4 Å². The molecule has 0 aliphatic heterocycles. The number of aromatic nitrogens is 2. The highest BCUT2D eigenvalue weighted by molar-refractivity contribution is 7.89. The van der Waals surface area contributed by atoms with Crippen molar-refractivity contribution in [1.82, 2.24) is 19.6 Å². The van der Waals surface area contributed by atoms with E-state index in [1.807, 2.05) is 20.9 Å².